The van der Waals surface area contributed by atoms with Gasteiger partial charge in [-0.25, -0.2) is 4.99 Å². The summed E-state index contributed by atoms with van der Waals surface area (Å²) in [6.07, 6.45) is 3.95. The van der Waals surface area contributed by atoms with Crippen molar-refractivity contribution in [2.75, 3.05) is 25.0 Å². The number of hydrogen-bond acceptors (Lipinski definition) is 3. The van der Waals surface area contributed by atoms with Gasteiger partial charge in [0.2, 0.25) is 0 Å². The quantitative estimate of drug-likeness (QED) is 0.648. The molecule has 6 heteroatoms. The maximum absolute atomic E-state index is 12.0. The van der Waals surface area contributed by atoms with Crippen LogP contribution in [0.3, 0.4) is 0 Å². The number of carbonyl (C=O) groups excluding carboxylic acids is 1. The molecule has 0 unspecified atom stereocenters. The van der Waals surface area contributed by atoms with Crippen molar-refractivity contribution in [3.8, 4) is 0 Å². The number of nitrogens with zero attached hydrogens (tertiary/aromatic N) is 2. The van der Waals surface area contributed by atoms with Crippen LogP contribution < -0.4 is 10.6 Å². The number of benzene rings is 1. The molecule has 25 heavy (non-hydrogen) atoms. The molecular weight excluding hydrogens is 316 g/mol. The molecular formula is C19H24N4O2. The maximum atomic E-state index is 12.0. The average molecular weight is 340 g/mol. The van der Waals surface area contributed by atoms with Crippen molar-refractivity contribution in [1.82, 2.24) is 10.2 Å². The number of aliphatic imine (C=N–C) groups is 1. The number of furan rings is 1. The van der Waals surface area contributed by atoms with Crippen LogP contribution in [0.1, 0.15) is 35.9 Å². The lowest BCUT2D eigenvalue weighted by Gasteiger charge is -2.20. The van der Waals surface area contributed by atoms with Crippen molar-refractivity contribution in [2.24, 2.45) is 4.99 Å². The summed E-state index contributed by atoms with van der Waals surface area (Å²) in [5.74, 6) is 1.03. The third kappa shape index (κ3) is 4.62. The molecule has 2 aromatic rings. The Morgan fingerprint density at radius 1 is 1.20 bits per heavy atom. The lowest BCUT2D eigenvalue weighted by molar-refractivity contribution is 0.0996. The van der Waals surface area contributed by atoms with Crippen LogP contribution in [-0.2, 0) is 6.54 Å². The third-order valence-electron chi connectivity index (χ3n) is 4.11. The Balaban J connectivity index is 1.59. The number of carbonyl (C=O) groups is 1. The van der Waals surface area contributed by atoms with Gasteiger partial charge in [0, 0.05) is 25.3 Å². The van der Waals surface area contributed by atoms with Gasteiger partial charge in [0.25, 0.3) is 5.91 Å². The minimum absolute atomic E-state index is 0.251. The zero-order valence-electron chi connectivity index (χ0n) is 14.5. The molecule has 1 aliphatic rings. The summed E-state index contributed by atoms with van der Waals surface area (Å²) in [6, 6.07) is 11.1. The van der Waals surface area contributed by atoms with E-state index in [9.17, 15) is 4.79 Å². The van der Waals surface area contributed by atoms with Crippen LogP contribution in [0.25, 0.3) is 0 Å². The monoisotopic (exact) mass is 340 g/mol. The van der Waals surface area contributed by atoms with Crippen LogP contribution in [0.4, 0.5) is 5.69 Å². The van der Waals surface area contributed by atoms with Gasteiger partial charge in [-0.15, -0.1) is 0 Å². The van der Waals surface area contributed by atoms with E-state index < -0.39 is 0 Å². The Morgan fingerprint density at radius 3 is 2.60 bits per heavy atom. The summed E-state index contributed by atoms with van der Waals surface area (Å²) in [5, 5.41) is 6.17. The number of likely N-dealkylation sites (tertiary alicyclic amines) is 1. The first-order valence-corrected chi connectivity index (χ1v) is 8.73. The fourth-order valence-corrected chi connectivity index (χ4v) is 2.81. The summed E-state index contributed by atoms with van der Waals surface area (Å²) in [4.78, 5) is 19.0. The van der Waals surface area contributed by atoms with Gasteiger partial charge in [-0.3, -0.25) is 4.79 Å². The Labute approximate surface area is 147 Å². The van der Waals surface area contributed by atoms with Crippen molar-refractivity contribution in [1.29, 1.82) is 0 Å². The molecule has 1 amide bonds. The van der Waals surface area contributed by atoms with E-state index in [-0.39, 0.29) is 5.91 Å². The van der Waals surface area contributed by atoms with Crippen molar-refractivity contribution < 1.29 is 9.21 Å². The molecule has 1 aromatic carbocycles. The van der Waals surface area contributed by atoms with E-state index >= 15 is 0 Å². The van der Waals surface area contributed by atoms with Crippen molar-refractivity contribution >= 4 is 17.6 Å². The van der Waals surface area contributed by atoms with Crippen LogP contribution >= 0.6 is 0 Å². The molecule has 3 rings (SSSR count). The highest BCUT2D eigenvalue weighted by atomic mass is 16.3. The van der Waals surface area contributed by atoms with Crippen LogP contribution in [-0.4, -0.2) is 36.4 Å². The highest BCUT2D eigenvalue weighted by Crippen LogP contribution is 2.13. The number of rotatable bonds is 5. The minimum atomic E-state index is -0.251. The zero-order valence-corrected chi connectivity index (χ0v) is 14.5. The van der Waals surface area contributed by atoms with Crippen LogP contribution in [0.5, 0.6) is 0 Å². The fourth-order valence-electron chi connectivity index (χ4n) is 2.81. The van der Waals surface area contributed by atoms with Crippen LogP contribution in [0.15, 0.2) is 52.1 Å². The topological polar surface area (TPSA) is 69.9 Å². The number of nitrogens with one attached hydrogen (secondary N) is 2. The van der Waals surface area contributed by atoms with E-state index in [1.165, 1.54) is 19.1 Å². The lowest BCUT2D eigenvalue weighted by Crippen LogP contribution is -2.39. The molecule has 0 radical (unpaired) electrons. The molecule has 0 saturated carbocycles. The fraction of sp³-hybridized carbons (Fsp3) is 0.368. The number of hydrogen-bond donors (Lipinski definition) is 2. The Morgan fingerprint density at radius 2 is 1.96 bits per heavy atom. The first-order valence-electron chi connectivity index (χ1n) is 8.73. The van der Waals surface area contributed by atoms with Crippen molar-refractivity contribution in [3.63, 3.8) is 0 Å². The number of anilines is 1. The van der Waals surface area contributed by atoms with Gasteiger partial charge in [0.05, 0.1) is 12.8 Å². The zero-order chi connectivity index (χ0) is 17.5. The summed E-state index contributed by atoms with van der Waals surface area (Å²) in [6.45, 7) is 5.72. The minimum Gasteiger partial charge on any atom is -0.459 e. The smallest absolute Gasteiger partial charge is 0.291 e. The molecule has 2 N–H and O–H groups in total. The van der Waals surface area contributed by atoms with E-state index in [2.05, 4.69) is 22.5 Å². The van der Waals surface area contributed by atoms with E-state index in [4.69, 9.17) is 9.41 Å². The first kappa shape index (κ1) is 17.1. The van der Waals surface area contributed by atoms with Gasteiger partial charge in [-0.2, -0.15) is 0 Å². The number of guanidine groups is 1. The van der Waals surface area contributed by atoms with Crippen molar-refractivity contribution in [3.05, 3.63) is 54.0 Å². The second-order valence-corrected chi connectivity index (χ2v) is 5.99. The molecule has 0 atom stereocenters. The number of amides is 1. The Bertz CT molecular complexity index is 702. The molecule has 1 aliphatic heterocycles. The highest BCUT2D eigenvalue weighted by molar-refractivity contribution is 6.02. The molecule has 0 aliphatic carbocycles. The first-order chi connectivity index (χ1) is 12.3. The maximum Gasteiger partial charge on any atom is 0.291 e. The summed E-state index contributed by atoms with van der Waals surface area (Å²) in [5.41, 5.74) is 1.84. The molecule has 6 nitrogen and oxygen atoms in total. The SMILES string of the molecule is CCNC(=NCc1ccc(NC(=O)c2ccco2)cc1)N1CCCC1. The van der Waals surface area contributed by atoms with Crippen LogP contribution in [0, 0.1) is 0 Å². The molecule has 1 fully saturated rings. The predicted octanol–water partition coefficient (Wildman–Crippen LogP) is 3.09. The summed E-state index contributed by atoms with van der Waals surface area (Å²) < 4.78 is 5.09. The molecule has 0 bridgehead atoms. The Hall–Kier alpha value is -2.76. The molecule has 2 heterocycles. The highest BCUT2D eigenvalue weighted by Gasteiger charge is 2.15. The summed E-state index contributed by atoms with van der Waals surface area (Å²) >= 11 is 0. The lowest BCUT2D eigenvalue weighted by atomic mass is 10.2. The molecule has 0 spiro atoms. The van der Waals surface area contributed by atoms with E-state index in [0.29, 0.717) is 12.3 Å². The predicted molar refractivity (Wildman–Crippen MR) is 98.7 cm³/mol. The summed E-state index contributed by atoms with van der Waals surface area (Å²) in [7, 11) is 0. The van der Waals surface area contributed by atoms with Gasteiger partial charge in [0.15, 0.2) is 11.7 Å². The molecule has 132 valence electrons. The third-order valence-corrected chi connectivity index (χ3v) is 4.11. The van der Waals surface area contributed by atoms with Gasteiger partial charge in [0.1, 0.15) is 0 Å². The second-order valence-electron chi connectivity index (χ2n) is 5.99. The van der Waals surface area contributed by atoms with E-state index in [1.807, 2.05) is 24.3 Å². The van der Waals surface area contributed by atoms with Gasteiger partial charge < -0.3 is 20.0 Å². The molecule has 1 saturated heterocycles. The van der Waals surface area contributed by atoms with E-state index in [0.717, 1.165) is 36.8 Å². The van der Waals surface area contributed by atoms with Gasteiger partial charge in [-0.1, -0.05) is 12.1 Å². The Kier molecular flexibility index (Phi) is 5.72. The van der Waals surface area contributed by atoms with Crippen LogP contribution in [0.2, 0.25) is 0 Å². The van der Waals surface area contributed by atoms with E-state index in [1.54, 1.807) is 12.1 Å². The standard InChI is InChI=1S/C19H24N4O2/c1-2-20-19(23-11-3-4-12-23)21-14-15-7-9-16(10-8-15)22-18(24)17-6-5-13-25-17/h5-10,13H,2-4,11-12,14H2,1H3,(H,20,21)(H,22,24). The van der Waals surface area contributed by atoms with Gasteiger partial charge >= 0.3 is 0 Å². The molecule has 1 aromatic heterocycles. The largest absolute Gasteiger partial charge is 0.459 e. The average Bonchev–Trinajstić information content (AvgIpc) is 3.33. The normalized spacial score (nSPS) is 14.6. The van der Waals surface area contributed by atoms with Gasteiger partial charge in [-0.05, 0) is 49.6 Å². The second kappa shape index (κ2) is 8.37. The van der Waals surface area contributed by atoms with Crippen molar-refractivity contribution in [2.45, 2.75) is 26.3 Å².